The topological polar surface area (TPSA) is 64.9 Å². The van der Waals surface area contributed by atoms with Crippen molar-refractivity contribution in [3.8, 4) is 11.4 Å². The Hall–Kier alpha value is -2.16. The van der Waals surface area contributed by atoms with E-state index in [0.29, 0.717) is 0 Å². The van der Waals surface area contributed by atoms with Gasteiger partial charge in [-0.15, -0.1) is 5.10 Å². The summed E-state index contributed by atoms with van der Waals surface area (Å²) in [5.41, 5.74) is 1.76. The maximum Gasteiger partial charge on any atom is 0.181 e. The Morgan fingerprint density at radius 3 is 2.37 bits per heavy atom. The number of nitrogens with one attached hydrogen (secondary N) is 1. The van der Waals surface area contributed by atoms with Crippen LogP contribution >= 0.6 is 22.6 Å². The minimum absolute atomic E-state index is 0.269. The van der Waals surface area contributed by atoms with Gasteiger partial charge in [-0.1, -0.05) is 19.3 Å². The molecular weight excluding hydrogens is 453 g/mol. The van der Waals surface area contributed by atoms with E-state index in [1.165, 1.54) is 9.99 Å². The highest BCUT2D eigenvalue weighted by atomic mass is 127. The minimum Gasteiger partial charge on any atom is -0.497 e. The molecule has 2 aromatic carbocycles. The van der Waals surface area contributed by atoms with Crippen LogP contribution in [0.3, 0.4) is 0 Å². The minimum atomic E-state index is -0.269. The Morgan fingerprint density at radius 1 is 1.00 bits per heavy atom. The molecule has 140 valence electrons. The molecule has 0 unspecified atom stereocenters. The number of benzene rings is 2. The van der Waals surface area contributed by atoms with Gasteiger partial charge in [0.05, 0.1) is 18.3 Å². The maximum atomic E-state index is 5.27. The van der Waals surface area contributed by atoms with E-state index < -0.39 is 0 Å². The molecule has 3 aromatic rings. The van der Waals surface area contributed by atoms with E-state index in [9.17, 15) is 0 Å². The van der Waals surface area contributed by atoms with E-state index in [2.05, 4.69) is 67.7 Å². The van der Waals surface area contributed by atoms with Crippen molar-refractivity contribution in [2.24, 2.45) is 0 Å². The summed E-state index contributed by atoms with van der Waals surface area (Å²) in [7, 11) is 1.67. The number of methoxy groups -OCH3 is 1. The number of rotatable bonds is 5. The van der Waals surface area contributed by atoms with Crippen LogP contribution < -0.4 is 10.1 Å². The van der Waals surface area contributed by atoms with Gasteiger partial charge in [-0.25, -0.2) is 0 Å². The molecule has 6 nitrogen and oxygen atoms in total. The highest BCUT2D eigenvalue weighted by molar-refractivity contribution is 14.1. The predicted octanol–water partition coefficient (Wildman–Crippen LogP) is 4.55. The molecule has 0 radical (unpaired) electrons. The second-order valence-electron chi connectivity index (χ2n) is 6.89. The fourth-order valence-corrected chi connectivity index (χ4v) is 4.11. The fourth-order valence-electron chi connectivity index (χ4n) is 3.75. The van der Waals surface area contributed by atoms with Crippen molar-refractivity contribution in [3.05, 3.63) is 57.9 Å². The zero-order chi connectivity index (χ0) is 18.7. The summed E-state index contributed by atoms with van der Waals surface area (Å²) in [4.78, 5) is 0. The van der Waals surface area contributed by atoms with Crippen molar-refractivity contribution >= 4 is 28.3 Å². The molecule has 0 amide bonds. The van der Waals surface area contributed by atoms with E-state index in [1.807, 2.05) is 28.9 Å². The number of halogens is 1. The van der Waals surface area contributed by atoms with Crippen LogP contribution in [0.5, 0.6) is 5.75 Å². The van der Waals surface area contributed by atoms with E-state index >= 15 is 0 Å². The summed E-state index contributed by atoms with van der Waals surface area (Å²) in [5.74, 6) is 1.68. The average Bonchev–Trinajstić information content (AvgIpc) is 3.21. The van der Waals surface area contributed by atoms with Crippen LogP contribution in [-0.2, 0) is 5.54 Å². The Morgan fingerprint density at radius 2 is 1.70 bits per heavy atom. The Bertz CT molecular complexity index is 885. The highest BCUT2D eigenvalue weighted by Gasteiger charge is 2.39. The van der Waals surface area contributed by atoms with Crippen LogP contribution in [0.4, 0.5) is 5.69 Å². The molecule has 27 heavy (non-hydrogen) atoms. The lowest BCUT2D eigenvalue weighted by molar-refractivity contribution is 0.309. The standard InChI is InChI=1S/C20H22IN5O/c1-27-18-11-9-17(10-12-18)26-19(23-24-25-26)20(13-3-2-4-14-20)22-16-7-5-15(21)6-8-16/h5-12,22H,2-4,13-14H2,1H3. The zero-order valence-corrected chi connectivity index (χ0v) is 17.4. The molecule has 1 aliphatic rings. The van der Waals surface area contributed by atoms with Crippen molar-refractivity contribution in [3.63, 3.8) is 0 Å². The van der Waals surface area contributed by atoms with E-state index in [-0.39, 0.29) is 5.54 Å². The van der Waals surface area contributed by atoms with Gasteiger partial charge in [0.15, 0.2) is 5.82 Å². The van der Waals surface area contributed by atoms with Gasteiger partial charge >= 0.3 is 0 Å². The summed E-state index contributed by atoms with van der Waals surface area (Å²) in [6.45, 7) is 0. The van der Waals surface area contributed by atoms with Crippen molar-refractivity contribution in [2.75, 3.05) is 12.4 Å². The lowest BCUT2D eigenvalue weighted by atomic mass is 9.80. The van der Waals surface area contributed by atoms with E-state index in [1.54, 1.807) is 7.11 Å². The van der Waals surface area contributed by atoms with Gasteiger partial charge in [0.25, 0.3) is 0 Å². The SMILES string of the molecule is COc1ccc(-n2nnnc2C2(Nc3ccc(I)cc3)CCCCC2)cc1. The highest BCUT2D eigenvalue weighted by Crippen LogP contribution is 2.39. The van der Waals surface area contributed by atoms with Crippen LogP contribution in [0.2, 0.25) is 0 Å². The zero-order valence-electron chi connectivity index (χ0n) is 15.2. The summed E-state index contributed by atoms with van der Waals surface area (Å²) in [5, 5.41) is 16.5. The molecule has 0 atom stereocenters. The summed E-state index contributed by atoms with van der Waals surface area (Å²) >= 11 is 2.33. The average molecular weight is 475 g/mol. The summed E-state index contributed by atoms with van der Waals surface area (Å²) in [6, 6.07) is 16.3. The largest absolute Gasteiger partial charge is 0.497 e. The molecule has 1 aromatic heterocycles. The molecule has 0 saturated heterocycles. The Labute approximate surface area is 172 Å². The molecule has 0 aliphatic heterocycles. The molecule has 4 rings (SSSR count). The molecular formula is C20H22IN5O. The molecule has 1 aliphatic carbocycles. The monoisotopic (exact) mass is 475 g/mol. The van der Waals surface area contributed by atoms with Gasteiger partial charge in [0.1, 0.15) is 5.75 Å². The lowest BCUT2D eigenvalue weighted by Crippen LogP contribution is -2.40. The van der Waals surface area contributed by atoms with Crippen LogP contribution in [0.1, 0.15) is 37.9 Å². The molecule has 1 N–H and O–H groups in total. The van der Waals surface area contributed by atoms with Crippen LogP contribution in [-0.4, -0.2) is 27.3 Å². The number of aromatic nitrogens is 4. The fraction of sp³-hybridized carbons (Fsp3) is 0.350. The first-order valence-corrected chi connectivity index (χ1v) is 10.3. The first-order valence-electron chi connectivity index (χ1n) is 9.17. The quantitative estimate of drug-likeness (QED) is 0.549. The van der Waals surface area contributed by atoms with Gasteiger partial charge < -0.3 is 10.1 Å². The van der Waals surface area contributed by atoms with Crippen LogP contribution in [0, 0.1) is 3.57 Å². The first-order chi connectivity index (χ1) is 13.2. The van der Waals surface area contributed by atoms with Crippen molar-refractivity contribution in [1.29, 1.82) is 0 Å². The van der Waals surface area contributed by atoms with Crippen molar-refractivity contribution < 1.29 is 4.74 Å². The van der Waals surface area contributed by atoms with Gasteiger partial charge in [-0.05, 0) is 94.4 Å². The normalized spacial score (nSPS) is 16.1. The lowest BCUT2D eigenvalue weighted by Gasteiger charge is -2.37. The smallest absolute Gasteiger partial charge is 0.181 e. The molecule has 1 saturated carbocycles. The summed E-state index contributed by atoms with van der Waals surface area (Å²) < 4.78 is 8.34. The molecule has 0 bridgehead atoms. The van der Waals surface area contributed by atoms with Crippen LogP contribution in [0.25, 0.3) is 5.69 Å². The third-order valence-corrected chi connectivity index (χ3v) is 5.87. The second kappa shape index (κ2) is 7.84. The van der Waals surface area contributed by atoms with Gasteiger partial charge in [-0.3, -0.25) is 0 Å². The first kappa shape index (κ1) is 18.2. The maximum absolute atomic E-state index is 5.27. The van der Waals surface area contributed by atoms with Crippen molar-refractivity contribution in [1.82, 2.24) is 20.2 Å². The molecule has 1 heterocycles. The van der Waals surface area contributed by atoms with Crippen molar-refractivity contribution in [2.45, 2.75) is 37.6 Å². The third-order valence-electron chi connectivity index (χ3n) is 5.15. The molecule has 1 fully saturated rings. The van der Waals surface area contributed by atoms with Gasteiger partial charge in [0, 0.05) is 9.26 Å². The number of anilines is 1. The number of ether oxygens (including phenoxy) is 1. The number of hydrogen-bond acceptors (Lipinski definition) is 5. The second-order valence-corrected chi connectivity index (χ2v) is 8.13. The number of nitrogens with zero attached hydrogens (tertiary/aromatic N) is 4. The van der Waals surface area contributed by atoms with Gasteiger partial charge in [-0.2, -0.15) is 4.68 Å². The molecule has 0 spiro atoms. The summed E-state index contributed by atoms with van der Waals surface area (Å²) in [6.07, 6.45) is 5.59. The number of tetrazole rings is 1. The van der Waals surface area contributed by atoms with E-state index in [4.69, 9.17) is 4.74 Å². The van der Waals surface area contributed by atoms with Gasteiger partial charge in [0.2, 0.25) is 0 Å². The van der Waals surface area contributed by atoms with E-state index in [0.717, 1.165) is 48.6 Å². The van der Waals surface area contributed by atoms with Crippen LogP contribution in [0.15, 0.2) is 48.5 Å². The third kappa shape index (κ3) is 3.78. The predicted molar refractivity (Wildman–Crippen MR) is 113 cm³/mol. The molecule has 7 heteroatoms. The number of hydrogen-bond donors (Lipinski definition) is 1. The Kier molecular flexibility index (Phi) is 5.29. The Balaban J connectivity index is 1.72.